The molecule has 7 heteroatoms. The minimum atomic E-state index is 0.304. The van der Waals surface area contributed by atoms with E-state index < -0.39 is 0 Å². The van der Waals surface area contributed by atoms with Crippen LogP contribution in [0.15, 0.2) is 18.2 Å². The maximum absolute atomic E-state index is 12.6. The fraction of sp³-hybridized carbons (Fsp3) is 0.609. The molecular formula is C23H33N5OS. The fourth-order valence-corrected chi connectivity index (χ4v) is 5.14. The van der Waals surface area contributed by atoms with E-state index in [4.69, 9.17) is 4.98 Å². The van der Waals surface area contributed by atoms with Crippen molar-refractivity contribution in [2.45, 2.75) is 52.4 Å². The van der Waals surface area contributed by atoms with Crippen molar-refractivity contribution in [1.29, 1.82) is 0 Å². The highest BCUT2D eigenvalue weighted by atomic mass is 32.1. The number of hydrogen-bond donors (Lipinski definition) is 1. The third-order valence-corrected chi connectivity index (χ3v) is 7.52. The summed E-state index contributed by atoms with van der Waals surface area (Å²) < 4.78 is 0. The highest BCUT2D eigenvalue weighted by molar-refractivity contribution is 7.15. The number of piperidine rings is 2. The van der Waals surface area contributed by atoms with Crippen molar-refractivity contribution in [3.63, 3.8) is 0 Å². The Morgan fingerprint density at radius 1 is 1.10 bits per heavy atom. The molecule has 0 atom stereocenters. The van der Waals surface area contributed by atoms with E-state index >= 15 is 0 Å². The summed E-state index contributed by atoms with van der Waals surface area (Å²) in [6.07, 6.45) is 4.39. The summed E-state index contributed by atoms with van der Waals surface area (Å²) in [4.78, 5) is 27.6. The summed E-state index contributed by atoms with van der Waals surface area (Å²) in [6.45, 7) is 10.8. The molecule has 6 nitrogen and oxygen atoms in total. The van der Waals surface area contributed by atoms with Crippen LogP contribution in [0.5, 0.6) is 0 Å². The molecule has 0 bridgehead atoms. The minimum absolute atomic E-state index is 0.304. The molecule has 2 aromatic rings. The van der Waals surface area contributed by atoms with Gasteiger partial charge in [-0.1, -0.05) is 13.0 Å². The fourth-order valence-electron chi connectivity index (χ4n) is 4.32. The number of carbonyl (C=O) groups is 1. The van der Waals surface area contributed by atoms with Gasteiger partial charge in [-0.25, -0.2) is 9.97 Å². The Bertz CT molecular complexity index is 847. The average molecular weight is 428 g/mol. The Kier molecular flexibility index (Phi) is 6.68. The number of nitrogens with zero attached hydrogens (tertiary/aromatic N) is 4. The molecule has 30 heavy (non-hydrogen) atoms. The molecule has 0 aromatic carbocycles. The van der Waals surface area contributed by atoms with E-state index in [-0.39, 0.29) is 0 Å². The van der Waals surface area contributed by atoms with Gasteiger partial charge in [-0.2, -0.15) is 0 Å². The minimum Gasteiger partial charge on any atom is -0.342 e. The summed E-state index contributed by atoms with van der Waals surface area (Å²) >= 11 is 1.66. The quantitative estimate of drug-likeness (QED) is 0.769. The van der Waals surface area contributed by atoms with Gasteiger partial charge in [0.1, 0.15) is 5.82 Å². The zero-order valence-corrected chi connectivity index (χ0v) is 19.2. The van der Waals surface area contributed by atoms with E-state index in [2.05, 4.69) is 46.1 Å². The zero-order valence-electron chi connectivity index (χ0n) is 18.4. The molecule has 0 radical (unpaired) electrons. The highest BCUT2D eigenvalue weighted by Gasteiger charge is 2.26. The molecule has 2 fully saturated rings. The summed E-state index contributed by atoms with van der Waals surface area (Å²) in [6, 6.07) is 6.21. The number of thiazole rings is 1. The lowest BCUT2D eigenvalue weighted by atomic mass is 9.93. The molecule has 2 aliphatic rings. The van der Waals surface area contributed by atoms with Crippen LogP contribution >= 0.6 is 11.3 Å². The van der Waals surface area contributed by atoms with Gasteiger partial charge in [0.25, 0.3) is 0 Å². The van der Waals surface area contributed by atoms with E-state index in [0.717, 1.165) is 80.1 Å². The molecule has 0 aliphatic carbocycles. The Morgan fingerprint density at radius 3 is 2.50 bits per heavy atom. The summed E-state index contributed by atoms with van der Waals surface area (Å²) in [5.74, 6) is 2.37. The second-order valence-electron chi connectivity index (χ2n) is 8.85. The first-order chi connectivity index (χ1) is 14.5. The number of anilines is 2. The van der Waals surface area contributed by atoms with Crippen molar-refractivity contribution in [1.82, 2.24) is 19.8 Å². The maximum Gasteiger partial charge on any atom is 0.236 e. The van der Waals surface area contributed by atoms with Crippen LogP contribution in [0.25, 0.3) is 0 Å². The molecule has 4 rings (SSSR count). The van der Waals surface area contributed by atoms with Gasteiger partial charge in [-0.15, -0.1) is 11.3 Å². The van der Waals surface area contributed by atoms with Crippen LogP contribution in [0.2, 0.25) is 0 Å². The molecule has 4 heterocycles. The van der Waals surface area contributed by atoms with E-state index in [9.17, 15) is 4.79 Å². The van der Waals surface area contributed by atoms with E-state index in [0.29, 0.717) is 18.4 Å². The van der Waals surface area contributed by atoms with Crippen molar-refractivity contribution in [3.05, 3.63) is 34.5 Å². The Balaban J connectivity index is 1.29. The molecule has 1 N–H and O–H groups in total. The van der Waals surface area contributed by atoms with Gasteiger partial charge >= 0.3 is 0 Å². The van der Waals surface area contributed by atoms with Crippen LogP contribution in [0.4, 0.5) is 10.9 Å². The van der Waals surface area contributed by atoms with Gasteiger partial charge in [-0.05, 0) is 70.7 Å². The van der Waals surface area contributed by atoms with Crippen molar-refractivity contribution in [2.24, 2.45) is 5.92 Å². The number of hydrogen-bond acceptors (Lipinski definition) is 6. The van der Waals surface area contributed by atoms with Crippen LogP contribution in [0, 0.1) is 19.8 Å². The zero-order chi connectivity index (χ0) is 21.1. The van der Waals surface area contributed by atoms with Gasteiger partial charge in [0.2, 0.25) is 5.91 Å². The van der Waals surface area contributed by atoms with Gasteiger partial charge in [-0.3, -0.25) is 9.69 Å². The first kappa shape index (κ1) is 21.2. The SMILES string of the molecule is Cc1nc(Nc2cccc(C3CCN(CC(=O)N4CCC(C)CC4)CC3)n2)sc1C. The number of carbonyl (C=O) groups excluding carboxylic acids is 1. The number of pyridine rings is 1. The van der Waals surface area contributed by atoms with Crippen LogP contribution in [-0.4, -0.2) is 58.4 Å². The van der Waals surface area contributed by atoms with Gasteiger partial charge in [0.05, 0.1) is 12.2 Å². The lowest BCUT2D eigenvalue weighted by Gasteiger charge is -2.35. The van der Waals surface area contributed by atoms with Crippen molar-refractivity contribution in [3.8, 4) is 0 Å². The highest BCUT2D eigenvalue weighted by Crippen LogP contribution is 2.29. The second-order valence-corrected chi connectivity index (χ2v) is 10.1. The summed E-state index contributed by atoms with van der Waals surface area (Å²) in [5, 5.41) is 4.25. The molecule has 162 valence electrons. The first-order valence-corrected chi connectivity index (χ1v) is 12.0. The summed E-state index contributed by atoms with van der Waals surface area (Å²) in [5.41, 5.74) is 2.21. The lowest BCUT2D eigenvalue weighted by molar-refractivity contribution is -0.134. The van der Waals surface area contributed by atoms with Crippen LogP contribution in [0.1, 0.15) is 54.8 Å². The number of nitrogens with one attached hydrogen (secondary N) is 1. The van der Waals surface area contributed by atoms with Crippen LogP contribution in [-0.2, 0) is 4.79 Å². The molecular weight excluding hydrogens is 394 g/mol. The molecule has 0 saturated carbocycles. The maximum atomic E-state index is 12.6. The third kappa shape index (κ3) is 5.19. The standard InChI is InChI=1S/C23H33N5OS/c1-16-7-13-28(14-8-16)22(29)15-27-11-9-19(10-12-27)20-5-4-6-21(25-20)26-23-24-17(2)18(3)30-23/h4-6,16,19H,7-15H2,1-3H3,(H,24,25,26). The normalized spacial score (nSPS) is 19.2. The van der Waals surface area contributed by atoms with Gasteiger partial charge in [0.15, 0.2) is 5.13 Å². The molecule has 2 aliphatic heterocycles. The average Bonchev–Trinajstić information content (AvgIpc) is 3.06. The smallest absolute Gasteiger partial charge is 0.236 e. The van der Waals surface area contributed by atoms with Gasteiger partial charge < -0.3 is 10.2 Å². The van der Waals surface area contributed by atoms with E-state index in [1.54, 1.807) is 11.3 Å². The third-order valence-electron chi connectivity index (χ3n) is 6.54. The number of likely N-dealkylation sites (tertiary alicyclic amines) is 2. The Labute approximate surface area is 183 Å². The van der Waals surface area contributed by atoms with Crippen molar-refractivity contribution < 1.29 is 4.79 Å². The molecule has 1 amide bonds. The van der Waals surface area contributed by atoms with E-state index in [1.807, 2.05) is 13.0 Å². The number of aryl methyl sites for hydroxylation is 2. The van der Waals surface area contributed by atoms with Crippen molar-refractivity contribution in [2.75, 3.05) is 38.0 Å². The molecule has 0 spiro atoms. The topological polar surface area (TPSA) is 61.4 Å². The molecule has 2 aromatic heterocycles. The second kappa shape index (κ2) is 9.43. The number of amides is 1. The number of aromatic nitrogens is 2. The first-order valence-electron chi connectivity index (χ1n) is 11.2. The van der Waals surface area contributed by atoms with Gasteiger partial charge in [0, 0.05) is 29.6 Å². The molecule has 2 saturated heterocycles. The predicted molar refractivity (Wildman–Crippen MR) is 123 cm³/mol. The largest absolute Gasteiger partial charge is 0.342 e. The van der Waals surface area contributed by atoms with Crippen molar-refractivity contribution >= 4 is 28.2 Å². The van der Waals surface area contributed by atoms with E-state index in [1.165, 1.54) is 4.88 Å². The van der Waals surface area contributed by atoms with Crippen LogP contribution in [0.3, 0.4) is 0 Å². The Morgan fingerprint density at radius 2 is 1.83 bits per heavy atom. The lowest BCUT2D eigenvalue weighted by Crippen LogP contribution is -2.45. The molecule has 0 unspecified atom stereocenters. The number of rotatable bonds is 5. The monoisotopic (exact) mass is 427 g/mol. The Hall–Kier alpha value is -1.99. The summed E-state index contributed by atoms with van der Waals surface area (Å²) in [7, 11) is 0. The predicted octanol–water partition coefficient (Wildman–Crippen LogP) is 4.34. The van der Waals surface area contributed by atoms with Crippen LogP contribution < -0.4 is 5.32 Å².